The first-order valence-electron chi connectivity index (χ1n) is 9.91. The quantitative estimate of drug-likeness (QED) is 0.595. The predicted octanol–water partition coefficient (Wildman–Crippen LogP) is 4.41. The van der Waals surface area contributed by atoms with Crippen molar-refractivity contribution in [2.45, 2.75) is 6.92 Å². The molecule has 1 N–H and O–H groups in total. The van der Waals surface area contributed by atoms with Gasteiger partial charge in [-0.2, -0.15) is 0 Å². The van der Waals surface area contributed by atoms with E-state index in [1.165, 1.54) is 21.3 Å². The number of nitrogens with zero attached hydrogens (tertiary/aromatic N) is 1. The third-order valence-corrected chi connectivity index (χ3v) is 5.64. The number of aliphatic imine (C=N–C) groups is 1. The summed E-state index contributed by atoms with van der Waals surface area (Å²) < 4.78 is 20.7. The van der Waals surface area contributed by atoms with Crippen LogP contribution in [0.3, 0.4) is 0 Å². The van der Waals surface area contributed by atoms with Crippen molar-refractivity contribution < 1.29 is 33.6 Å². The summed E-state index contributed by atoms with van der Waals surface area (Å²) in [5.41, 5.74) is 0.840. The van der Waals surface area contributed by atoms with Crippen molar-refractivity contribution in [3.8, 4) is 17.2 Å². The summed E-state index contributed by atoms with van der Waals surface area (Å²) in [6.07, 6.45) is 1.65. The van der Waals surface area contributed by atoms with Gasteiger partial charge in [-0.1, -0.05) is 17.8 Å². The van der Waals surface area contributed by atoms with Crippen molar-refractivity contribution in [1.82, 2.24) is 0 Å². The molecule has 1 aliphatic rings. The van der Waals surface area contributed by atoms with Gasteiger partial charge in [-0.05, 0) is 55.0 Å². The van der Waals surface area contributed by atoms with E-state index in [-0.39, 0.29) is 23.0 Å². The van der Waals surface area contributed by atoms with Gasteiger partial charge in [-0.25, -0.2) is 9.79 Å². The summed E-state index contributed by atoms with van der Waals surface area (Å²) in [4.78, 5) is 29.7. The molecular weight excluding hydrogens is 446 g/mol. The Balaban J connectivity index is 1.99. The van der Waals surface area contributed by atoms with Gasteiger partial charge in [0, 0.05) is 5.56 Å². The fourth-order valence-electron chi connectivity index (χ4n) is 2.98. The number of esters is 1. The molecule has 1 aliphatic heterocycles. The third kappa shape index (κ3) is 5.38. The van der Waals surface area contributed by atoms with Crippen LogP contribution in [0.4, 0.5) is 0 Å². The van der Waals surface area contributed by atoms with E-state index in [9.17, 15) is 14.7 Å². The van der Waals surface area contributed by atoms with Crippen LogP contribution < -0.4 is 14.2 Å². The first-order valence-corrected chi connectivity index (χ1v) is 10.7. The molecule has 33 heavy (non-hydrogen) atoms. The first-order chi connectivity index (χ1) is 15.9. The summed E-state index contributed by atoms with van der Waals surface area (Å²) >= 11 is 0.999. The summed E-state index contributed by atoms with van der Waals surface area (Å²) in [6, 6.07) is 11.6. The van der Waals surface area contributed by atoms with Gasteiger partial charge in [0.05, 0.1) is 32.8 Å². The highest BCUT2D eigenvalue weighted by molar-refractivity contribution is 8.18. The molecule has 0 spiro atoms. The van der Waals surface area contributed by atoms with Gasteiger partial charge >= 0.3 is 5.97 Å². The van der Waals surface area contributed by atoms with Gasteiger partial charge in [-0.15, -0.1) is 0 Å². The lowest BCUT2D eigenvalue weighted by Crippen LogP contribution is -2.14. The van der Waals surface area contributed by atoms with E-state index in [1.54, 1.807) is 55.5 Å². The molecule has 3 rings (SSSR count). The Morgan fingerprint density at radius 2 is 1.70 bits per heavy atom. The average Bonchev–Trinajstić information content (AvgIpc) is 3.13. The first kappa shape index (κ1) is 23.9. The molecule has 0 fully saturated rings. The molecule has 2 aromatic rings. The molecule has 2 aromatic carbocycles. The molecule has 1 amide bonds. The molecule has 0 bridgehead atoms. The van der Waals surface area contributed by atoms with Crippen LogP contribution in [0.15, 0.2) is 63.7 Å². The molecule has 172 valence electrons. The van der Waals surface area contributed by atoms with Crippen LogP contribution in [0.25, 0.3) is 6.08 Å². The molecular formula is C24H23NO7S. The van der Waals surface area contributed by atoms with Gasteiger partial charge in [0.15, 0.2) is 11.5 Å². The molecule has 8 nitrogen and oxygen atoms in total. The van der Waals surface area contributed by atoms with E-state index in [2.05, 4.69) is 4.99 Å². The molecule has 0 aliphatic carbocycles. The average molecular weight is 470 g/mol. The van der Waals surface area contributed by atoms with Gasteiger partial charge < -0.3 is 24.1 Å². The van der Waals surface area contributed by atoms with Crippen LogP contribution in [0.2, 0.25) is 0 Å². The maximum Gasteiger partial charge on any atom is 0.344 e. The van der Waals surface area contributed by atoms with Gasteiger partial charge in [0.25, 0.3) is 5.91 Å². The largest absolute Gasteiger partial charge is 0.506 e. The van der Waals surface area contributed by atoms with Crippen molar-refractivity contribution in [3.63, 3.8) is 0 Å². The van der Waals surface area contributed by atoms with Crippen LogP contribution >= 0.6 is 11.8 Å². The number of hydrogen-bond acceptors (Lipinski definition) is 8. The number of aliphatic hydroxyl groups excluding tert-OH is 1. The predicted molar refractivity (Wildman–Crippen MR) is 126 cm³/mol. The Morgan fingerprint density at radius 3 is 2.30 bits per heavy atom. The highest BCUT2D eigenvalue weighted by Crippen LogP contribution is 2.40. The molecule has 0 aromatic heterocycles. The fourth-order valence-corrected chi connectivity index (χ4v) is 3.99. The number of amides is 1. The maximum absolute atomic E-state index is 12.7. The zero-order valence-corrected chi connectivity index (χ0v) is 19.4. The Kier molecular flexibility index (Phi) is 7.78. The van der Waals surface area contributed by atoms with E-state index in [1.807, 2.05) is 0 Å². The summed E-state index contributed by atoms with van der Waals surface area (Å²) in [6.45, 7) is 1.76. The SMILES string of the molecule is CCOC(=O)C1=C(O)/C(=C\c2ccc(OC)c(OC)c2)SC1=NC(=O)c1ccc(OC)cc1. The van der Waals surface area contributed by atoms with E-state index in [0.29, 0.717) is 33.3 Å². The highest BCUT2D eigenvalue weighted by atomic mass is 32.2. The number of benzene rings is 2. The number of methoxy groups -OCH3 is 3. The van der Waals surface area contributed by atoms with Gasteiger partial charge in [0.1, 0.15) is 22.1 Å². The molecule has 0 saturated carbocycles. The van der Waals surface area contributed by atoms with Crippen molar-refractivity contribution in [2.24, 2.45) is 4.99 Å². The number of ether oxygens (including phenoxy) is 4. The second-order valence-corrected chi connectivity index (χ2v) is 7.65. The van der Waals surface area contributed by atoms with Crippen LogP contribution in [0.5, 0.6) is 17.2 Å². The van der Waals surface area contributed by atoms with Crippen LogP contribution in [0, 0.1) is 0 Å². The minimum Gasteiger partial charge on any atom is -0.506 e. The summed E-state index contributed by atoms with van der Waals surface area (Å²) in [7, 11) is 4.58. The zero-order valence-electron chi connectivity index (χ0n) is 18.6. The summed E-state index contributed by atoms with van der Waals surface area (Å²) in [5, 5.41) is 10.8. The second kappa shape index (κ2) is 10.7. The minimum absolute atomic E-state index is 0.0542. The minimum atomic E-state index is -0.764. The number of thioether (sulfide) groups is 1. The molecule has 9 heteroatoms. The number of rotatable bonds is 7. The van der Waals surface area contributed by atoms with E-state index in [4.69, 9.17) is 18.9 Å². The lowest BCUT2D eigenvalue weighted by Gasteiger charge is -2.08. The van der Waals surface area contributed by atoms with Crippen LogP contribution in [0.1, 0.15) is 22.8 Å². The zero-order chi connectivity index (χ0) is 24.0. The number of hydrogen-bond donors (Lipinski definition) is 1. The van der Waals surface area contributed by atoms with E-state index < -0.39 is 11.9 Å². The van der Waals surface area contributed by atoms with Crippen LogP contribution in [-0.2, 0) is 9.53 Å². The van der Waals surface area contributed by atoms with Crippen molar-refractivity contribution in [3.05, 3.63) is 69.8 Å². The molecule has 0 unspecified atom stereocenters. The Hall–Kier alpha value is -3.72. The van der Waals surface area contributed by atoms with Crippen molar-refractivity contribution in [2.75, 3.05) is 27.9 Å². The lowest BCUT2D eigenvalue weighted by molar-refractivity contribution is -0.138. The third-order valence-electron chi connectivity index (χ3n) is 4.62. The van der Waals surface area contributed by atoms with Gasteiger partial charge in [0.2, 0.25) is 0 Å². The van der Waals surface area contributed by atoms with Crippen molar-refractivity contribution >= 4 is 34.8 Å². The van der Waals surface area contributed by atoms with Crippen molar-refractivity contribution in [1.29, 1.82) is 0 Å². The van der Waals surface area contributed by atoms with E-state index >= 15 is 0 Å². The Labute approximate surface area is 195 Å². The van der Waals surface area contributed by atoms with Gasteiger partial charge in [-0.3, -0.25) is 4.79 Å². The van der Waals surface area contributed by atoms with E-state index in [0.717, 1.165) is 11.8 Å². The highest BCUT2D eigenvalue weighted by Gasteiger charge is 2.34. The molecule has 0 atom stereocenters. The number of carbonyl (C=O) groups excluding carboxylic acids is 2. The maximum atomic E-state index is 12.7. The molecule has 0 saturated heterocycles. The lowest BCUT2D eigenvalue weighted by atomic mass is 10.1. The Bertz CT molecular complexity index is 1150. The number of aliphatic hydroxyl groups is 1. The monoisotopic (exact) mass is 469 g/mol. The van der Waals surface area contributed by atoms with Crippen LogP contribution in [-0.4, -0.2) is 50.0 Å². The standard InChI is InChI=1S/C24H23NO7S/c1-5-32-24(28)20-21(26)19(13-14-6-11-17(30-3)18(12-14)31-4)33-23(20)25-22(27)15-7-9-16(29-2)10-8-15/h6-13,26H,5H2,1-4H3/b19-13+,25-23?. The second-order valence-electron chi connectivity index (χ2n) is 6.62. The normalized spacial score (nSPS) is 15.6. The Morgan fingerprint density at radius 1 is 1.00 bits per heavy atom. The molecule has 1 heterocycles. The smallest absolute Gasteiger partial charge is 0.344 e. The topological polar surface area (TPSA) is 104 Å². The number of carbonyl (C=O) groups is 2. The fraction of sp³-hybridized carbons (Fsp3) is 0.208. The molecule has 0 radical (unpaired) electrons. The summed E-state index contributed by atoms with van der Waals surface area (Å²) in [5.74, 6) is 0.0148.